The van der Waals surface area contributed by atoms with Gasteiger partial charge in [-0.25, -0.2) is 0 Å². The Bertz CT molecular complexity index is 275. The van der Waals surface area contributed by atoms with Crippen LogP contribution in [0.5, 0.6) is 0 Å². The van der Waals surface area contributed by atoms with Gasteiger partial charge in [0.2, 0.25) is 0 Å². The van der Waals surface area contributed by atoms with Gasteiger partial charge in [-0.2, -0.15) is 0 Å². The monoisotopic (exact) mass is 278 g/mol. The van der Waals surface area contributed by atoms with E-state index in [1.807, 2.05) is 18.4 Å². The number of ether oxygens (including phenoxy) is 1. The second kappa shape index (κ2) is 5.85. The molecule has 0 aromatic carbocycles. The smallest absolute Gasteiger partial charge is 0.0613 e. The summed E-state index contributed by atoms with van der Waals surface area (Å²) in [6.07, 6.45) is 1.21. The standard InChI is InChI=1S/C10H15BrO2S/c1-7(13-2)3-9(12)5-10-4-8(11)6-14-10/h4,6-7,9,12H,3,5H2,1-2H3. The van der Waals surface area contributed by atoms with Gasteiger partial charge in [-0.15, -0.1) is 11.3 Å². The van der Waals surface area contributed by atoms with Crippen molar-refractivity contribution >= 4 is 27.3 Å². The zero-order chi connectivity index (χ0) is 10.6. The predicted molar refractivity (Wildman–Crippen MR) is 62.8 cm³/mol. The lowest BCUT2D eigenvalue weighted by Crippen LogP contribution is -2.18. The molecule has 0 aliphatic rings. The molecule has 80 valence electrons. The van der Waals surface area contributed by atoms with Gasteiger partial charge in [0.25, 0.3) is 0 Å². The molecule has 2 unspecified atom stereocenters. The second-order valence-electron chi connectivity index (χ2n) is 3.37. The maximum Gasteiger partial charge on any atom is 0.0613 e. The predicted octanol–water partition coefficient (Wildman–Crippen LogP) is 2.84. The Labute approximate surface area is 97.0 Å². The molecule has 0 spiro atoms. The van der Waals surface area contributed by atoms with Crippen molar-refractivity contribution < 1.29 is 9.84 Å². The summed E-state index contributed by atoms with van der Waals surface area (Å²) >= 11 is 5.06. The number of aliphatic hydroxyl groups excluding tert-OH is 1. The molecule has 4 heteroatoms. The highest BCUT2D eigenvalue weighted by Crippen LogP contribution is 2.21. The van der Waals surface area contributed by atoms with E-state index < -0.39 is 0 Å². The van der Waals surface area contributed by atoms with Gasteiger partial charge in [0.1, 0.15) is 0 Å². The molecule has 0 bridgehead atoms. The average Bonchev–Trinajstić information content (AvgIpc) is 2.50. The SMILES string of the molecule is COC(C)CC(O)Cc1cc(Br)cs1. The van der Waals surface area contributed by atoms with Crippen LogP contribution in [-0.4, -0.2) is 24.4 Å². The molecule has 1 aromatic rings. The molecule has 1 heterocycles. The van der Waals surface area contributed by atoms with Crippen LogP contribution in [0.1, 0.15) is 18.2 Å². The van der Waals surface area contributed by atoms with Crippen molar-refractivity contribution in [2.45, 2.75) is 32.0 Å². The zero-order valence-electron chi connectivity index (χ0n) is 8.37. The van der Waals surface area contributed by atoms with Crippen molar-refractivity contribution in [3.8, 4) is 0 Å². The largest absolute Gasteiger partial charge is 0.393 e. The van der Waals surface area contributed by atoms with Crippen LogP contribution in [0.3, 0.4) is 0 Å². The van der Waals surface area contributed by atoms with E-state index in [1.54, 1.807) is 18.4 Å². The minimum atomic E-state index is -0.310. The Kier molecular flexibility index (Phi) is 5.09. The molecule has 0 saturated heterocycles. The number of rotatable bonds is 5. The number of methoxy groups -OCH3 is 1. The van der Waals surface area contributed by atoms with Crippen LogP contribution in [0.25, 0.3) is 0 Å². The van der Waals surface area contributed by atoms with E-state index in [-0.39, 0.29) is 12.2 Å². The molecule has 1 N–H and O–H groups in total. The highest BCUT2D eigenvalue weighted by atomic mass is 79.9. The Hall–Kier alpha value is 0.1000. The molecule has 1 aromatic heterocycles. The van der Waals surface area contributed by atoms with Gasteiger partial charge >= 0.3 is 0 Å². The van der Waals surface area contributed by atoms with E-state index in [2.05, 4.69) is 15.9 Å². The third-order valence-corrected chi connectivity index (χ3v) is 3.78. The van der Waals surface area contributed by atoms with Gasteiger partial charge in [-0.1, -0.05) is 0 Å². The van der Waals surface area contributed by atoms with Crippen molar-refractivity contribution in [2.75, 3.05) is 7.11 Å². The number of halogens is 1. The van der Waals surface area contributed by atoms with Gasteiger partial charge in [0, 0.05) is 28.3 Å². The topological polar surface area (TPSA) is 29.5 Å². The number of hydrogen-bond acceptors (Lipinski definition) is 3. The van der Waals surface area contributed by atoms with Gasteiger partial charge in [0.05, 0.1) is 12.2 Å². The molecule has 0 aliphatic heterocycles. The second-order valence-corrected chi connectivity index (χ2v) is 5.28. The lowest BCUT2D eigenvalue weighted by atomic mass is 10.1. The van der Waals surface area contributed by atoms with Crippen molar-refractivity contribution in [1.82, 2.24) is 0 Å². The Morgan fingerprint density at radius 3 is 2.86 bits per heavy atom. The Morgan fingerprint density at radius 1 is 1.64 bits per heavy atom. The van der Waals surface area contributed by atoms with Crippen molar-refractivity contribution in [3.63, 3.8) is 0 Å². The first-order valence-electron chi connectivity index (χ1n) is 4.55. The summed E-state index contributed by atoms with van der Waals surface area (Å²) in [5.41, 5.74) is 0. The summed E-state index contributed by atoms with van der Waals surface area (Å²) in [6.45, 7) is 1.97. The quantitative estimate of drug-likeness (QED) is 0.898. The fraction of sp³-hybridized carbons (Fsp3) is 0.600. The van der Waals surface area contributed by atoms with E-state index >= 15 is 0 Å². The van der Waals surface area contributed by atoms with E-state index in [0.29, 0.717) is 12.8 Å². The van der Waals surface area contributed by atoms with Crippen LogP contribution in [0.4, 0.5) is 0 Å². The van der Waals surface area contributed by atoms with Gasteiger partial charge in [0.15, 0.2) is 0 Å². The molecule has 2 atom stereocenters. The number of aliphatic hydroxyl groups is 1. The zero-order valence-corrected chi connectivity index (χ0v) is 10.8. The van der Waals surface area contributed by atoms with Gasteiger partial charge in [-0.3, -0.25) is 0 Å². The summed E-state index contributed by atoms with van der Waals surface area (Å²) in [5, 5.41) is 11.8. The fourth-order valence-corrected chi connectivity index (χ4v) is 2.78. The van der Waals surface area contributed by atoms with Crippen LogP contribution in [0.15, 0.2) is 15.9 Å². The molecule has 0 amide bonds. The Morgan fingerprint density at radius 2 is 2.36 bits per heavy atom. The number of thiophene rings is 1. The highest BCUT2D eigenvalue weighted by Gasteiger charge is 2.11. The van der Waals surface area contributed by atoms with Gasteiger partial charge in [-0.05, 0) is 35.3 Å². The van der Waals surface area contributed by atoms with Crippen molar-refractivity contribution in [3.05, 3.63) is 20.8 Å². The van der Waals surface area contributed by atoms with Gasteiger partial charge < -0.3 is 9.84 Å². The molecule has 1 rings (SSSR count). The maximum absolute atomic E-state index is 9.72. The molecule has 0 radical (unpaired) electrons. The Balaban J connectivity index is 2.37. The van der Waals surface area contributed by atoms with Crippen LogP contribution < -0.4 is 0 Å². The first-order chi connectivity index (χ1) is 6.61. The molecule has 2 nitrogen and oxygen atoms in total. The van der Waals surface area contributed by atoms with Crippen LogP contribution in [0.2, 0.25) is 0 Å². The van der Waals surface area contributed by atoms with Crippen molar-refractivity contribution in [1.29, 1.82) is 0 Å². The molecule has 14 heavy (non-hydrogen) atoms. The lowest BCUT2D eigenvalue weighted by molar-refractivity contribution is 0.0568. The lowest BCUT2D eigenvalue weighted by Gasteiger charge is -2.14. The van der Waals surface area contributed by atoms with Crippen LogP contribution in [-0.2, 0) is 11.2 Å². The third-order valence-electron chi connectivity index (χ3n) is 2.06. The summed E-state index contributed by atoms with van der Waals surface area (Å²) < 4.78 is 6.19. The van der Waals surface area contributed by atoms with E-state index in [4.69, 9.17) is 4.74 Å². The normalized spacial score (nSPS) is 15.4. The molecule has 0 saturated carbocycles. The van der Waals surface area contributed by atoms with Crippen LogP contribution >= 0.6 is 27.3 Å². The molecular formula is C10H15BrO2S. The summed E-state index contributed by atoms with van der Waals surface area (Å²) in [5.74, 6) is 0. The van der Waals surface area contributed by atoms with Crippen molar-refractivity contribution in [2.24, 2.45) is 0 Å². The minimum Gasteiger partial charge on any atom is -0.393 e. The third kappa shape index (κ3) is 4.09. The summed E-state index contributed by atoms with van der Waals surface area (Å²) in [7, 11) is 1.67. The maximum atomic E-state index is 9.72. The summed E-state index contributed by atoms with van der Waals surface area (Å²) in [6, 6.07) is 2.05. The van der Waals surface area contributed by atoms with Crippen LogP contribution in [0, 0.1) is 0 Å². The van der Waals surface area contributed by atoms with E-state index in [1.165, 1.54) is 4.88 Å². The first-order valence-corrected chi connectivity index (χ1v) is 6.23. The molecule has 0 aliphatic carbocycles. The average molecular weight is 279 g/mol. The minimum absolute atomic E-state index is 0.119. The summed E-state index contributed by atoms with van der Waals surface area (Å²) in [4.78, 5) is 1.20. The fourth-order valence-electron chi connectivity index (χ4n) is 1.26. The first kappa shape index (κ1) is 12.2. The van der Waals surface area contributed by atoms with E-state index in [9.17, 15) is 5.11 Å². The highest BCUT2D eigenvalue weighted by molar-refractivity contribution is 9.10. The van der Waals surface area contributed by atoms with E-state index in [0.717, 1.165) is 4.47 Å². The number of hydrogen-bond donors (Lipinski definition) is 1. The molecule has 0 fully saturated rings. The molecular weight excluding hydrogens is 264 g/mol.